The maximum atomic E-state index is 5.00. The van der Waals surface area contributed by atoms with Crippen LogP contribution in [0.15, 0.2) is 41.0 Å². The van der Waals surface area contributed by atoms with Crippen LogP contribution in [0.25, 0.3) is 27.3 Å². The van der Waals surface area contributed by atoms with Gasteiger partial charge in [0.05, 0.1) is 5.52 Å². The summed E-state index contributed by atoms with van der Waals surface area (Å²) in [6.07, 6.45) is 0. The number of benzene rings is 2. The molecule has 5 rings (SSSR count). The van der Waals surface area contributed by atoms with Gasteiger partial charge in [0.2, 0.25) is 0 Å². The van der Waals surface area contributed by atoms with Crippen molar-refractivity contribution in [3.05, 3.63) is 52.1 Å². The zero-order valence-corrected chi connectivity index (χ0v) is 17.8. The van der Waals surface area contributed by atoms with Crippen molar-refractivity contribution in [2.24, 2.45) is 0 Å². The summed E-state index contributed by atoms with van der Waals surface area (Å²) in [5, 5.41) is 5.50. The van der Waals surface area contributed by atoms with Crippen LogP contribution in [0.1, 0.15) is 25.0 Å². The second-order valence-electron chi connectivity index (χ2n) is 8.36. The van der Waals surface area contributed by atoms with Crippen LogP contribution < -0.4 is 5.32 Å². The third-order valence-electron chi connectivity index (χ3n) is 6.71. The SMILES string of the molecule is Cc1ccc2c3c1c1ccccc1c1nc(Br)c(n13)[Si](C)(C)C2(C)C. The van der Waals surface area contributed by atoms with Crippen LogP contribution >= 0.6 is 15.9 Å². The molecule has 0 radical (unpaired) electrons. The average Bonchev–Trinajstić information content (AvgIpc) is 2.91. The van der Waals surface area contributed by atoms with Crippen molar-refractivity contribution in [2.45, 2.75) is 38.9 Å². The van der Waals surface area contributed by atoms with Crippen molar-refractivity contribution in [1.29, 1.82) is 0 Å². The van der Waals surface area contributed by atoms with Crippen LogP contribution in [0.4, 0.5) is 0 Å². The lowest BCUT2D eigenvalue weighted by molar-refractivity contribution is 0.721. The van der Waals surface area contributed by atoms with Crippen molar-refractivity contribution < 1.29 is 0 Å². The number of aromatic nitrogens is 2. The predicted molar refractivity (Wildman–Crippen MR) is 113 cm³/mol. The summed E-state index contributed by atoms with van der Waals surface area (Å²) in [7, 11) is -1.79. The Kier molecular flexibility index (Phi) is 2.83. The molecule has 126 valence electrons. The monoisotopic (exact) mass is 408 g/mol. The Morgan fingerprint density at radius 3 is 2.44 bits per heavy atom. The molecule has 3 heterocycles. The van der Waals surface area contributed by atoms with Gasteiger partial charge in [0, 0.05) is 16.1 Å². The number of fused-ring (bicyclic) bond motifs is 3. The van der Waals surface area contributed by atoms with E-state index in [-0.39, 0.29) is 5.04 Å². The molecule has 0 spiro atoms. The second kappa shape index (κ2) is 4.54. The van der Waals surface area contributed by atoms with E-state index in [1.165, 1.54) is 38.1 Å². The lowest BCUT2D eigenvalue weighted by atomic mass is 9.93. The molecule has 4 heteroatoms. The number of rotatable bonds is 0. The van der Waals surface area contributed by atoms with Crippen molar-refractivity contribution in [3.8, 4) is 0 Å². The number of hydrogen-bond acceptors (Lipinski definition) is 1. The average molecular weight is 409 g/mol. The summed E-state index contributed by atoms with van der Waals surface area (Å²) in [5.74, 6) is 0. The molecule has 25 heavy (non-hydrogen) atoms. The zero-order valence-electron chi connectivity index (χ0n) is 15.2. The van der Waals surface area contributed by atoms with Crippen molar-refractivity contribution >= 4 is 56.6 Å². The van der Waals surface area contributed by atoms with Gasteiger partial charge in [0.25, 0.3) is 0 Å². The first kappa shape index (κ1) is 15.6. The van der Waals surface area contributed by atoms with Crippen LogP contribution in [0, 0.1) is 6.92 Å². The molecule has 0 aliphatic carbocycles. The number of pyridine rings is 1. The fraction of sp³-hybridized carbons (Fsp3) is 0.286. The van der Waals surface area contributed by atoms with Gasteiger partial charge < -0.3 is 0 Å². The highest BCUT2D eigenvalue weighted by molar-refractivity contribution is 9.10. The van der Waals surface area contributed by atoms with E-state index in [2.05, 4.69) is 90.6 Å². The maximum absolute atomic E-state index is 5.00. The quantitative estimate of drug-likeness (QED) is 0.279. The first-order valence-electron chi connectivity index (χ1n) is 8.80. The van der Waals surface area contributed by atoms with Gasteiger partial charge in [-0.15, -0.1) is 0 Å². The number of halogens is 1. The molecule has 2 aromatic carbocycles. The van der Waals surface area contributed by atoms with Gasteiger partial charge in [0.15, 0.2) is 0 Å². The van der Waals surface area contributed by atoms with Crippen LogP contribution in [0.3, 0.4) is 0 Å². The van der Waals surface area contributed by atoms with E-state index in [9.17, 15) is 0 Å². The largest absolute Gasteiger partial charge is 0.299 e. The minimum atomic E-state index is -1.79. The number of aryl methyl sites for hydroxylation is 1. The van der Waals surface area contributed by atoms with Gasteiger partial charge in [-0.3, -0.25) is 4.40 Å². The van der Waals surface area contributed by atoms with Gasteiger partial charge in [-0.25, -0.2) is 4.98 Å². The Balaban J connectivity index is 2.26. The molecule has 1 aliphatic rings. The van der Waals surface area contributed by atoms with Gasteiger partial charge in [-0.2, -0.15) is 0 Å². The summed E-state index contributed by atoms with van der Waals surface area (Å²) >= 11 is 3.82. The number of hydrogen-bond donors (Lipinski definition) is 0. The van der Waals surface area contributed by atoms with E-state index in [1.54, 1.807) is 0 Å². The van der Waals surface area contributed by atoms with Crippen molar-refractivity contribution in [1.82, 2.24) is 9.38 Å². The minimum Gasteiger partial charge on any atom is -0.299 e. The van der Waals surface area contributed by atoms with E-state index < -0.39 is 8.07 Å². The predicted octanol–water partition coefficient (Wildman–Crippen LogP) is 5.46. The second-order valence-corrected chi connectivity index (χ2v) is 14.1. The number of imidazole rings is 1. The maximum Gasteiger partial charge on any atom is 0.146 e. The zero-order chi connectivity index (χ0) is 17.7. The third-order valence-corrected chi connectivity index (χ3v) is 12.7. The van der Waals surface area contributed by atoms with Crippen LogP contribution in [-0.2, 0) is 5.04 Å². The highest BCUT2D eigenvalue weighted by Crippen LogP contribution is 2.45. The molecule has 2 aromatic heterocycles. The molecule has 0 saturated carbocycles. The van der Waals surface area contributed by atoms with Crippen LogP contribution in [0.5, 0.6) is 0 Å². The van der Waals surface area contributed by atoms with Gasteiger partial charge in [-0.05, 0) is 44.4 Å². The molecule has 0 unspecified atom stereocenters. The van der Waals surface area contributed by atoms with E-state index >= 15 is 0 Å². The van der Waals surface area contributed by atoms with Gasteiger partial charge >= 0.3 is 0 Å². The van der Waals surface area contributed by atoms with Crippen LogP contribution in [-0.4, -0.2) is 17.5 Å². The standard InChI is InChI=1S/C21H21BrN2Si/c1-12-10-11-15-17-16(12)13-8-6-7-9-14(13)19-23-18(22)20(24(17)19)25(4,5)21(15,2)3/h6-11H,1-5H3. The lowest BCUT2D eigenvalue weighted by Crippen LogP contribution is -2.61. The Morgan fingerprint density at radius 2 is 1.72 bits per heavy atom. The van der Waals surface area contributed by atoms with E-state index in [4.69, 9.17) is 4.98 Å². The molecule has 0 fully saturated rings. The molecule has 0 atom stereocenters. The third kappa shape index (κ3) is 1.63. The van der Waals surface area contributed by atoms with Gasteiger partial charge in [0.1, 0.15) is 18.3 Å². The first-order chi connectivity index (χ1) is 11.8. The molecule has 0 N–H and O–H groups in total. The molecular weight excluding hydrogens is 388 g/mol. The molecule has 4 aromatic rings. The number of nitrogens with zero attached hydrogens (tertiary/aromatic N) is 2. The van der Waals surface area contributed by atoms with Crippen molar-refractivity contribution in [2.75, 3.05) is 0 Å². The van der Waals surface area contributed by atoms with Crippen LogP contribution in [0.2, 0.25) is 13.1 Å². The van der Waals surface area contributed by atoms with E-state index in [0.29, 0.717) is 0 Å². The molecule has 0 saturated heterocycles. The summed E-state index contributed by atoms with van der Waals surface area (Å²) < 4.78 is 3.50. The molecular formula is C21H21BrN2Si. The summed E-state index contributed by atoms with van der Waals surface area (Å²) in [4.78, 5) is 5.00. The summed E-state index contributed by atoms with van der Waals surface area (Å²) in [6, 6.07) is 13.4. The lowest BCUT2D eigenvalue weighted by Gasteiger charge is -2.44. The van der Waals surface area contributed by atoms with Crippen molar-refractivity contribution in [3.63, 3.8) is 0 Å². The molecule has 0 amide bonds. The molecule has 2 nitrogen and oxygen atoms in total. The minimum absolute atomic E-state index is 0.146. The first-order valence-corrected chi connectivity index (χ1v) is 12.6. The highest BCUT2D eigenvalue weighted by Gasteiger charge is 2.49. The normalized spacial score (nSPS) is 17.8. The topological polar surface area (TPSA) is 17.3 Å². The Morgan fingerprint density at radius 1 is 1.04 bits per heavy atom. The fourth-order valence-electron chi connectivity index (χ4n) is 4.63. The van der Waals surface area contributed by atoms with E-state index in [0.717, 1.165) is 10.3 Å². The fourth-order valence-corrected chi connectivity index (χ4v) is 9.27. The van der Waals surface area contributed by atoms with E-state index in [1.807, 2.05) is 0 Å². The smallest absolute Gasteiger partial charge is 0.146 e. The molecule has 0 bridgehead atoms. The Bertz CT molecular complexity index is 1220. The Labute approximate surface area is 157 Å². The summed E-state index contributed by atoms with van der Waals surface area (Å²) in [6.45, 7) is 12.0. The summed E-state index contributed by atoms with van der Waals surface area (Å²) in [5.41, 5.74) is 5.26. The van der Waals surface area contributed by atoms with Gasteiger partial charge in [-0.1, -0.05) is 63.3 Å². The molecule has 1 aliphatic heterocycles. The Hall–Kier alpha value is -1.65. The highest BCUT2D eigenvalue weighted by atomic mass is 79.9.